The van der Waals surface area contributed by atoms with Gasteiger partial charge in [0.2, 0.25) is 0 Å². The molecule has 30 heavy (non-hydrogen) atoms. The van der Waals surface area contributed by atoms with Gasteiger partial charge in [-0.1, -0.05) is 90.1 Å². The van der Waals surface area contributed by atoms with Crippen LogP contribution in [-0.2, 0) is 0 Å². The molecule has 0 spiro atoms. The number of benzene rings is 4. The molecule has 0 bridgehead atoms. The highest BCUT2D eigenvalue weighted by Crippen LogP contribution is 2.11. The van der Waals surface area contributed by atoms with Crippen molar-refractivity contribution in [2.24, 2.45) is 0 Å². The van der Waals surface area contributed by atoms with E-state index in [1.54, 1.807) is 0 Å². The molecule has 4 rings (SSSR count). The third-order valence-corrected chi connectivity index (χ3v) is 4.29. The predicted octanol–water partition coefficient (Wildman–Crippen LogP) is 5.69. The molecule has 0 saturated heterocycles. The highest BCUT2D eigenvalue weighted by atomic mass is 14.0. The summed E-state index contributed by atoms with van der Waals surface area (Å²) in [6.45, 7) is 0. The molecular formula is C30H17. The summed E-state index contributed by atoms with van der Waals surface area (Å²) in [5, 5.41) is 0. The van der Waals surface area contributed by atoms with Crippen molar-refractivity contribution < 1.29 is 0 Å². The van der Waals surface area contributed by atoms with Crippen LogP contribution < -0.4 is 0 Å². The SMILES string of the molecule is C(#Cc1c[c]c(C#Cc2ccccc2)c(C#Cc2ccccc2)c1)c1ccccc1. The van der Waals surface area contributed by atoms with E-state index in [2.05, 4.69) is 41.6 Å². The van der Waals surface area contributed by atoms with Crippen molar-refractivity contribution in [2.75, 3.05) is 0 Å². The van der Waals surface area contributed by atoms with Crippen LogP contribution in [-0.4, -0.2) is 0 Å². The Hall–Kier alpha value is -4.44. The fraction of sp³-hybridized carbons (Fsp3) is 0. The van der Waals surface area contributed by atoms with Crippen molar-refractivity contribution in [3.05, 3.63) is 143 Å². The van der Waals surface area contributed by atoms with Crippen molar-refractivity contribution in [1.82, 2.24) is 0 Å². The average molecular weight is 377 g/mol. The smallest absolute Gasteiger partial charge is 0.0485 e. The molecule has 0 heterocycles. The summed E-state index contributed by atoms with van der Waals surface area (Å²) < 4.78 is 0. The van der Waals surface area contributed by atoms with Crippen LogP contribution in [0.3, 0.4) is 0 Å². The lowest BCUT2D eigenvalue weighted by Gasteiger charge is -1.98. The van der Waals surface area contributed by atoms with E-state index in [4.69, 9.17) is 0 Å². The Morgan fingerprint density at radius 3 is 1.40 bits per heavy atom. The maximum atomic E-state index is 3.27. The quantitative estimate of drug-likeness (QED) is 0.346. The first-order chi connectivity index (χ1) is 14.9. The second-order valence-electron chi connectivity index (χ2n) is 6.53. The maximum Gasteiger partial charge on any atom is 0.0485 e. The van der Waals surface area contributed by atoms with E-state index in [1.165, 1.54) is 0 Å². The van der Waals surface area contributed by atoms with E-state index in [9.17, 15) is 0 Å². The minimum Gasteiger partial charge on any atom is -0.0622 e. The Bertz CT molecular complexity index is 1310. The van der Waals surface area contributed by atoms with E-state index in [0.29, 0.717) is 0 Å². The number of hydrogen-bond acceptors (Lipinski definition) is 0. The molecule has 0 nitrogen and oxygen atoms in total. The average Bonchev–Trinajstić information content (AvgIpc) is 2.82. The second kappa shape index (κ2) is 9.66. The fourth-order valence-electron chi connectivity index (χ4n) is 2.75. The van der Waals surface area contributed by atoms with Crippen LogP contribution >= 0.6 is 0 Å². The molecule has 4 aromatic rings. The molecular weight excluding hydrogens is 360 g/mol. The van der Waals surface area contributed by atoms with Crippen molar-refractivity contribution in [3.63, 3.8) is 0 Å². The van der Waals surface area contributed by atoms with E-state index in [-0.39, 0.29) is 0 Å². The molecule has 0 heteroatoms. The van der Waals surface area contributed by atoms with Gasteiger partial charge >= 0.3 is 0 Å². The first-order valence-electron chi connectivity index (χ1n) is 9.64. The molecule has 0 aliphatic rings. The van der Waals surface area contributed by atoms with Crippen LogP contribution in [0, 0.1) is 41.6 Å². The van der Waals surface area contributed by atoms with Gasteiger partial charge in [-0.05, 0) is 48.5 Å². The third-order valence-electron chi connectivity index (χ3n) is 4.29. The Labute approximate surface area is 178 Å². The van der Waals surface area contributed by atoms with Gasteiger partial charge in [-0.15, -0.1) is 0 Å². The first-order valence-corrected chi connectivity index (χ1v) is 9.64. The summed E-state index contributed by atoms with van der Waals surface area (Å²) in [7, 11) is 0. The lowest BCUT2D eigenvalue weighted by molar-refractivity contribution is 1.53. The summed E-state index contributed by atoms with van der Waals surface area (Å²) in [5.74, 6) is 19.3. The molecule has 0 N–H and O–H groups in total. The van der Waals surface area contributed by atoms with Gasteiger partial charge in [-0.3, -0.25) is 0 Å². The molecule has 1 radical (unpaired) electrons. The lowest BCUT2D eigenvalue weighted by Crippen LogP contribution is -1.88. The van der Waals surface area contributed by atoms with Crippen LogP contribution in [0.15, 0.2) is 103 Å². The van der Waals surface area contributed by atoms with E-state index >= 15 is 0 Å². The summed E-state index contributed by atoms with van der Waals surface area (Å²) in [5.41, 5.74) is 5.35. The molecule has 0 amide bonds. The Morgan fingerprint density at radius 2 is 0.867 bits per heavy atom. The van der Waals surface area contributed by atoms with Crippen molar-refractivity contribution >= 4 is 0 Å². The zero-order valence-corrected chi connectivity index (χ0v) is 16.3. The van der Waals surface area contributed by atoms with E-state index < -0.39 is 0 Å². The molecule has 4 aromatic carbocycles. The molecule has 0 aliphatic heterocycles. The van der Waals surface area contributed by atoms with Crippen LogP contribution in [0.5, 0.6) is 0 Å². The molecule has 0 saturated carbocycles. The third kappa shape index (κ3) is 5.30. The van der Waals surface area contributed by atoms with Crippen molar-refractivity contribution in [2.45, 2.75) is 0 Å². The van der Waals surface area contributed by atoms with Crippen LogP contribution in [0.4, 0.5) is 0 Å². The van der Waals surface area contributed by atoms with E-state index in [1.807, 2.05) is 103 Å². The van der Waals surface area contributed by atoms with Gasteiger partial charge in [-0.25, -0.2) is 0 Å². The predicted molar refractivity (Wildman–Crippen MR) is 123 cm³/mol. The summed E-state index contributed by atoms with van der Waals surface area (Å²) in [6.07, 6.45) is 0. The van der Waals surface area contributed by atoms with Crippen LogP contribution in [0.1, 0.15) is 33.4 Å². The van der Waals surface area contributed by atoms with Crippen molar-refractivity contribution in [1.29, 1.82) is 0 Å². The van der Waals surface area contributed by atoms with Gasteiger partial charge in [-0.2, -0.15) is 0 Å². The van der Waals surface area contributed by atoms with Gasteiger partial charge in [0.15, 0.2) is 0 Å². The second-order valence-corrected chi connectivity index (χ2v) is 6.53. The van der Waals surface area contributed by atoms with Crippen LogP contribution in [0.25, 0.3) is 0 Å². The summed E-state index contributed by atoms with van der Waals surface area (Å²) in [4.78, 5) is 0. The highest BCUT2D eigenvalue weighted by Gasteiger charge is 2.00. The maximum absolute atomic E-state index is 3.27. The molecule has 137 valence electrons. The minimum absolute atomic E-state index is 0.771. The zero-order valence-electron chi connectivity index (χ0n) is 16.3. The standard InChI is InChI=1S/C30H17/c1-4-10-25(11-5-1)16-17-28-20-22-29(21-18-26-12-6-2-7-13-26)30(24-28)23-19-27-14-8-3-9-15-27/h1-15,20,24H. The number of rotatable bonds is 0. The largest absolute Gasteiger partial charge is 0.0622 e. The lowest BCUT2D eigenvalue weighted by atomic mass is 10.0. The Balaban J connectivity index is 1.72. The number of hydrogen-bond donors (Lipinski definition) is 0. The molecule has 0 unspecified atom stereocenters. The van der Waals surface area contributed by atoms with Gasteiger partial charge in [0.1, 0.15) is 0 Å². The molecule has 0 fully saturated rings. The van der Waals surface area contributed by atoms with Gasteiger partial charge in [0.25, 0.3) is 0 Å². The normalized spacial score (nSPS) is 9.20. The Kier molecular flexibility index (Phi) is 6.09. The fourth-order valence-corrected chi connectivity index (χ4v) is 2.75. The molecule has 0 aliphatic carbocycles. The zero-order chi connectivity index (χ0) is 20.4. The minimum atomic E-state index is 0.771. The molecule has 0 aromatic heterocycles. The van der Waals surface area contributed by atoms with Crippen molar-refractivity contribution in [3.8, 4) is 35.5 Å². The summed E-state index contributed by atoms with van der Waals surface area (Å²) in [6, 6.07) is 36.9. The topological polar surface area (TPSA) is 0 Å². The van der Waals surface area contributed by atoms with Gasteiger partial charge in [0, 0.05) is 39.4 Å². The molecule has 0 atom stereocenters. The Morgan fingerprint density at radius 1 is 0.433 bits per heavy atom. The monoisotopic (exact) mass is 377 g/mol. The van der Waals surface area contributed by atoms with Gasteiger partial charge < -0.3 is 0 Å². The highest BCUT2D eigenvalue weighted by molar-refractivity contribution is 5.57. The van der Waals surface area contributed by atoms with E-state index in [0.717, 1.165) is 33.4 Å². The van der Waals surface area contributed by atoms with Gasteiger partial charge in [0.05, 0.1) is 0 Å². The summed E-state index contributed by atoms with van der Waals surface area (Å²) >= 11 is 0. The van der Waals surface area contributed by atoms with Crippen LogP contribution in [0.2, 0.25) is 0 Å². The first kappa shape index (κ1) is 18.9.